The molecule has 0 bridgehead atoms. The molecule has 0 saturated carbocycles. The van der Waals surface area contributed by atoms with Crippen LogP contribution < -0.4 is 4.74 Å². The van der Waals surface area contributed by atoms with Crippen LogP contribution in [0.15, 0.2) is 61.2 Å². The first-order chi connectivity index (χ1) is 12.8. The second-order valence-corrected chi connectivity index (χ2v) is 7.39. The number of allylic oxidation sites excluding steroid dienone is 1. The molecule has 0 amide bonds. The van der Waals surface area contributed by atoms with E-state index in [0.29, 0.717) is 5.56 Å². The van der Waals surface area contributed by atoms with Crippen molar-refractivity contribution in [3.63, 3.8) is 0 Å². The minimum Gasteiger partial charge on any atom is -0.493 e. The van der Waals surface area contributed by atoms with Crippen LogP contribution >= 0.6 is 11.8 Å². The summed E-state index contributed by atoms with van der Waals surface area (Å²) in [7, 11) is 0. The summed E-state index contributed by atoms with van der Waals surface area (Å²) < 4.78 is 5.82. The first-order valence-electron chi connectivity index (χ1n) is 9.25. The Morgan fingerprint density at radius 3 is 2.19 bits per heavy atom. The summed E-state index contributed by atoms with van der Waals surface area (Å²) in [6.07, 6.45) is 8.35. The van der Waals surface area contributed by atoms with Crippen molar-refractivity contribution < 1.29 is 4.74 Å². The normalized spacial score (nSPS) is 10.3. The summed E-state index contributed by atoms with van der Waals surface area (Å²) in [5.41, 5.74) is 2.93. The molecule has 0 spiro atoms. The van der Waals surface area contributed by atoms with E-state index in [1.54, 1.807) is 0 Å². The van der Waals surface area contributed by atoms with Gasteiger partial charge >= 0.3 is 0 Å². The van der Waals surface area contributed by atoms with Gasteiger partial charge in [-0.2, -0.15) is 17.0 Å². The topological polar surface area (TPSA) is 33.0 Å². The van der Waals surface area contributed by atoms with Crippen LogP contribution in [0, 0.1) is 11.3 Å². The standard InChI is InChI=1S/C23H27NOS/c1-2-3-4-5-6-7-17-26-18-16-25-23-14-12-22(13-15-23)21-10-8-20(19-24)9-11-21/h2,8-15H,1,3-7,16-18H2. The SMILES string of the molecule is C=CCCCCCCSCCOc1ccc(-c2ccc(C#N)cc2)cc1. The van der Waals surface area contributed by atoms with Gasteiger partial charge in [-0.05, 0) is 60.4 Å². The van der Waals surface area contributed by atoms with Crippen molar-refractivity contribution in [1.29, 1.82) is 5.26 Å². The summed E-state index contributed by atoms with van der Waals surface area (Å²) in [5.74, 6) is 3.16. The zero-order chi connectivity index (χ0) is 18.5. The van der Waals surface area contributed by atoms with Crippen molar-refractivity contribution in [2.24, 2.45) is 0 Å². The number of benzene rings is 2. The molecule has 0 radical (unpaired) electrons. The number of thioether (sulfide) groups is 1. The fraction of sp³-hybridized carbons (Fsp3) is 0.348. The van der Waals surface area contributed by atoms with Gasteiger partial charge in [-0.1, -0.05) is 43.2 Å². The van der Waals surface area contributed by atoms with E-state index in [9.17, 15) is 0 Å². The zero-order valence-electron chi connectivity index (χ0n) is 15.3. The number of hydrogen-bond acceptors (Lipinski definition) is 3. The molecule has 2 nitrogen and oxygen atoms in total. The van der Waals surface area contributed by atoms with Crippen LogP contribution in [0.25, 0.3) is 11.1 Å². The number of ether oxygens (including phenoxy) is 1. The minimum absolute atomic E-state index is 0.683. The highest BCUT2D eigenvalue weighted by molar-refractivity contribution is 7.99. The summed E-state index contributed by atoms with van der Waals surface area (Å²) in [6.45, 7) is 4.50. The molecule has 0 aliphatic rings. The molecule has 0 saturated heterocycles. The lowest BCUT2D eigenvalue weighted by Crippen LogP contribution is -2.00. The van der Waals surface area contributed by atoms with E-state index in [1.165, 1.54) is 31.4 Å². The van der Waals surface area contributed by atoms with E-state index < -0.39 is 0 Å². The van der Waals surface area contributed by atoms with Gasteiger partial charge in [-0.15, -0.1) is 6.58 Å². The number of unbranched alkanes of at least 4 members (excludes halogenated alkanes) is 4. The van der Waals surface area contributed by atoms with Crippen LogP contribution in [0.2, 0.25) is 0 Å². The maximum atomic E-state index is 8.86. The zero-order valence-corrected chi connectivity index (χ0v) is 16.1. The van der Waals surface area contributed by atoms with Crippen LogP contribution in [-0.2, 0) is 0 Å². The highest BCUT2D eigenvalue weighted by Gasteiger charge is 2.00. The van der Waals surface area contributed by atoms with Gasteiger partial charge in [0.1, 0.15) is 5.75 Å². The van der Waals surface area contributed by atoms with Gasteiger partial charge in [0.05, 0.1) is 18.2 Å². The van der Waals surface area contributed by atoms with Crippen LogP contribution in [0.5, 0.6) is 5.75 Å². The molecular formula is C23H27NOS. The molecule has 0 N–H and O–H groups in total. The molecule has 3 heteroatoms. The van der Waals surface area contributed by atoms with E-state index in [4.69, 9.17) is 10.00 Å². The van der Waals surface area contributed by atoms with Crippen molar-refractivity contribution in [3.05, 3.63) is 66.7 Å². The average molecular weight is 366 g/mol. The quantitative estimate of drug-likeness (QED) is 0.319. The molecule has 0 heterocycles. The van der Waals surface area contributed by atoms with Crippen LogP contribution in [0.3, 0.4) is 0 Å². The third kappa shape index (κ3) is 7.37. The molecule has 0 unspecified atom stereocenters. The monoisotopic (exact) mass is 365 g/mol. The predicted molar refractivity (Wildman–Crippen MR) is 113 cm³/mol. The molecule has 0 aliphatic heterocycles. The van der Waals surface area contributed by atoms with Gasteiger partial charge in [0.2, 0.25) is 0 Å². The van der Waals surface area contributed by atoms with Gasteiger partial charge < -0.3 is 4.74 Å². The number of rotatable bonds is 12. The van der Waals surface area contributed by atoms with Gasteiger partial charge in [0.25, 0.3) is 0 Å². The Bertz CT molecular complexity index is 686. The van der Waals surface area contributed by atoms with Crippen molar-refractivity contribution >= 4 is 11.8 Å². The Morgan fingerprint density at radius 2 is 1.54 bits per heavy atom. The Hall–Kier alpha value is -2.18. The fourth-order valence-electron chi connectivity index (χ4n) is 2.65. The van der Waals surface area contributed by atoms with E-state index in [2.05, 4.69) is 24.8 Å². The van der Waals surface area contributed by atoms with E-state index in [1.807, 2.05) is 54.2 Å². The summed E-state index contributed by atoms with van der Waals surface area (Å²) in [6, 6.07) is 17.9. The number of nitriles is 1. The first kappa shape index (κ1) is 20.1. The molecule has 26 heavy (non-hydrogen) atoms. The van der Waals surface area contributed by atoms with Crippen molar-refractivity contribution in [2.75, 3.05) is 18.1 Å². The van der Waals surface area contributed by atoms with Gasteiger partial charge in [0.15, 0.2) is 0 Å². The maximum Gasteiger partial charge on any atom is 0.119 e. The molecule has 0 fully saturated rings. The van der Waals surface area contributed by atoms with E-state index in [0.717, 1.165) is 35.7 Å². The lowest BCUT2D eigenvalue weighted by atomic mass is 10.0. The molecular weight excluding hydrogens is 338 g/mol. The van der Waals surface area contributed by atoms with E-state index >= 15 is 0 Å². The summed E-state index contributed by atoms with van der Waals surface area (Å²) >= 11 is 1.97. The lowest BCUT2D eigenvalue weighted by Gasteiger charge is -2.08. The molecule has 2 aromatic carbocycles. The van der Waals surface area contributed by atoms with Gasteiger partial charge in [-0.25, -0.2) is 0 Å². The highest BCUT2D eigenvalue weighted by atomic mass is 32.2. The summed E-state index contributed by atoms with van der Waals surface area (Å²) in [4.78, 5) is 0. The molecule has 2 aromatic rings. The number of nitrogens with zero attached hydrogens (tertiary/aromatic N) is 1. The fourth-order valence-corrected chi connectivity index (χ4v) is 3.46. The average Bonchev–Trinajstić information content (AvgIpc) is 2.70. The van der Waals surface area contributed by atoms with Gasteiger partial charge in [-0.3, -0.25) is 0 Å². The molecule has 0 aromatic heterocycles. The molecule has 136 valence electrons. The first-order valence-corrected chi connectivity index (χ1v) is 10.4. The Morgan fingerprint density at radius 1 is 0.885 bits per heavy atom. The van der Waals surface area contributed by atoms with Gasteiger partial charge in [0, 0.05) is 5.75 Å². The lowest BCUT2D eigenvalue weighted by molar-refractivity contribution is 0.344. The second-order valence-electron chi connectivity index (χ2n) is 6.17. The number of hydrogen-bond donors (Lipinski definition) is 0. The van der Waals surface area contributed by atoms with Crippen LogP contribution in [0.4, 0.5) is 0 Å². The third-order valence-corrected chi connectivity index (χ3v) is 5.18. The van der Waals surface area contributed by atoms with Crippen molar-refractivity contribution in [1.82, 2.24) is 0 Å². The second kappa shape index (κ2) is 12.2. The van der Waals surface area contributed by atoms with E-state index in [-0.39, 0.29) is 0 Å². The maximum absolute atomic E-state index is 8.86. The molecule has 0 aliphatic carbocycles. The Balaban J connectivity index is 1.62. The molecule has 2 rings (SSSR count). The van der Waals surface area contributed by atoms with Crippen molar-refractivity contribution in [2.45, 2.75) is 32.1 Å². The summed E-state index contributed by atoms with van der Waals surface area (Å²) in [5, 5.41) is 8.86. The smallest absolute Gasteiger partial charge is 0.119 e. The van der Waals surface area contributed by atoms with Crippen LogP contribution in [-0.4, -0.2) is 18.1 Å². The minimum atomic E-state index is 0.683. The van der Waals surface area contributed by atoms with Crippen LogP contribution in [0.1, 0.15) is 37.7 Å². The Kier molecular flexibility index (Phi) is 9.46. The predicted octanol–water partition coefficient (Wildman–Crippen LogP) is 6.47. The van der Waals surface area contributed by atoms with Crippen molar-refractivity contribution in [3.8, 4) is 22.9 Å². The molecule has 0 atom stereocenters. The third-order valence-electron chi connectivity index (χ3n) is 4.14. The Labute approximate surface area is 161 Å². The highest BCUT2D eigenvalue weighted by Crippen LogP contribution is 2.23. The largest absolute Gasteiger partial charge is 0.493 e.